The Balaban J connectivity index is 2.27. The highest BCUT2D eigenvalue weighted by atomic mass is 32.1. The highest BCUT2D eigenvalue weighted by Gasteiger charge is 1.97. The van der Waals surface area contributed by atoms with Gasteiger partial charge in [0.2, 0.25) is 0 Å². The van der Waals surface area contributed by atoms with Crippen molar-refractivity contribution in [2.24, 2.45) is 0 Å². The Morgan fingerprint density at radius 2 is 2.55 bits per heavy atom. The van der Waals surface area contributed by atoms with Crippen LogP contribution in [0.5, 0.6) is 5.19 Å². The van der Waals surface area contributed by atoms with Gasteiger partial charge in [-0.1, -0.05) is 11.3 Å². The van der Waals surface area contributed by atoms with Gasteiger partial charge in [-0.15, -0.1) is 0 Å². The van der Waals surface area contributed by atoms with Crippen molar-refractivity contribution in [1.82, 2.24) is 4.98 Å². The maximum atomic E-state index is 8.43. The predicted octanol–water partition coefficient (Wildman–Crippen LogP) is 0.486. The van der Waals surface area contributed by atoms with Gasteiger partial charge in [-0.3, -0.25) is 0 Å². The van der Waals surface area contributed by atoms with Gasteiger partial charge in [-0.2, -0.15) is 0 Å². The molecule has 0 unspecified atom stereocenters. The molecule has 1 rings (SSSR count). The number of nitrogens with two attached hydrogens (primary N) is 1. The molecule has 0 aliphatic heterocycles. The number of aliphatic hydroxyl groups is 1. The number of nitrogen functional groups attached to an aromatic ring is 1. The summed E-state index contributed by atoms with van der Waals surface area (Å²) in [4.78, 5) is 3.88. The minimum atomic E-state index is 0.140. The second-order valence-corrected chi connectivity index (χ2v) is 2.98. The van der Waals surface area contributed by atoms with Gasteiger partial charge in [-0.25, -0.2) is 4.98 Å². The molecule has 0 aliphatic carbocycles. The summed E-state index contributed by atoms with van der Waals surface area (Å²) >= 11 is 1.30. The molecule has 62 valence electrons. The monoisotopic (exact) mass is 174 g/mol. The molecular weight excluding hydrogens is 164 g/mol. The number of hydrogen-bond acceptors (Lipinski definition) is 5. The van der Waals surface area contributed by atoms with Crippen LogP contribution in [0.4, 0.5) is 5.00 Å². The zero-order valence-electron chi connectivity index (χ0n) is 5.99. The lowest BCUT2D eigenvalue weighted by molar-refractivity contribution is 0.233. The van der Waals surface area contributed by atoms with Crippen LogP contribution in [0.2, 0.25) is 0 Å². The summed E-state index contributed by atoms with van der Waals surface area (Å²) < 4.78 is 5.13. The molecular formula is C6H10N2O2S. The zero-order valence-corrected chi connectivity index (χ0v) is 6.80. The summed E-state index contributed by atoms with van der Waals surface area (Å²) in [5, 5.41) is 9.64. The Morgan fingerprint density at radius 3 is 3.09 bits per heavy atom. The van der Waals surface area contributed by atoms with Crippen LogP contribution < -0.4 is 10.5 Å². The van der Waals surface area contributed by atoms with E-state index < -0.39 is 0 Å². The summed E-state index contributed by atoms with van der Waals surface area (Å²) in [6, 6.07) is 0. The van der Waals surface area contributed by atoms with E-state index in [-0.39, 0.29) is 6.61 Å². The van der Waals surface area contributed by atoms with Crippen molar-refractivity contribution in [3.63, 3.8) is 0 Å². The first kappa shape index (κ1) is 8.29. The third kappa shape index (κ3) is 2.73. The van der Waals surface area contributed by atoms with Gasteiger partial charge in [-0.05, 0) is 0 Å². The number of rotatable bonds is 4. The number of aliphatic hydroxyl groups excluding tert-OH is 1. The van der Waals surface area contributed by atoms with E-state index in [1.54, 1.807) is 6.20 Å². The third-order valence-corrected chi connectivity index (χ3v) is 1.77. The first-order valence-corrected chi connectivity index (χ1v) is 4.09. The standard InChI is InChI=1S/C6H10N2O2S/c7-5-4-8-6(11-5)10-3-1-2-9/h4,9H,1-3,7H2. The Bertz CT molecular complexity index is 214. The highest BCUT2D eigenvalue weighted by Crippen LogP contribution is 2.21. The van der Waals surface area contributed by atoms with E-state index >= 15 is 0 Å². The number of ether oxygens (including phenoxy) is 1. The van der Waals surface area contributed by atoms with Gasteiger partial charge in [0.25, 0.3) is 5.19 Å². The molecule has 5 heteroatoms. The number of thiazole rings is 1. The first-order valence-electron chi connectivity index (χ1n) is 3.28. The molecule has 1 aromatic rings. The van der Waals surface area contributed by atoms with Crippen molar-refractivity contribution in [2.45, 2.75) is 6.42 Å². The van der Waals surface area contributed by atoms with Crippen LogP contribution in [0.25, 0.3) is 0 Å². The molecule has 0 radical (unpaired) electrons. The van der Waals surface area contributed by atoms with Gasteiger partial charge in [0.15, 0.2) is 0 Å². The summed E-state index contributed by atoms with van der Waals surface area (Å²) in [7, 11) is 0. The molecule has 1 aromatic heterocycles. The lowest BCUT2D eigenvalue weighted by Crippen LogP contribution is -1.98. The molecule has 0 fully saturated rings. The van der Waals surface area contributed by atoms with Gasteiger partial charge < -0.3 is 15.6 Å². The van der Waals surface area contributed by atoms with E-state index in [0.717, 1.165) is 0 Å². The maximum absolute atomic E-state index is 8.43. The van der Waals surface area contributed by atoms with Gasteiger partial charge in [0.05, 0.1) is 12.8 Å². The molecule has 0 aliphatic rings. The van der Waals surface area contributed by atoms with E-state index in [1.165, 1.54) is 11.3 Å². The quantitative estimate of drug-likeness (QED) is 0.652. The number of hydrogen-bond donors (Lipinski definition) is 2. The lowest BCUT2D eigenvalue weighted by atomic mass is 10.5. The number of anilines is 1. The number of aromatic nitrogens is 1. The van der Waals surface area contributed by atoms with E-state index in [0.29, 0.717) is 23.2 Å². The molecule has 0 aromatic carbocycles. The molecule has 3 N–H and O–H groups in total. The van der Waals surface area contributed by atoms with Crippen LogP contribution in [0.15, 0.2) is 6.20 Å². The second-order valence-electron chi connectivity index (χ2n) is 1.95. The summed E-state index contributed by atoms with van der Waals surface area (Å²) in [5.41, 5.74) is 5.41. The predicted molar refractivity (Wildman–Crippen MR) is 43.7 cm³/mol. The molecule has 11 heavy (non-hydrogen) atoms. The van der Waals surface area contributed by atoms with Crippen LogP contribution >= 0.6 is 11.3 Å². The summed E-state index contributed by atoms with van der Waals surface area (Å²) in [6.07, 6.45) is 2.18. The Hall–Kier alpha value is -0.810. The third-order valence-electron chi connectivity index (χ3n) is 1.03. The Labute approximate surface area is 68.6 Å². The smallest absolute Gasteiger partial charge is 0.275 e. The van der Waals surface area contributed by atoms with Gasteiger partial charge >= 0.3 is 0 Å². The van der Waals surface area contributed by atoms with Crippen molar-refractivity contribution >= 4 is 16.3 Å². The summed E-state index contributed by atoms with van der Waals surface area (Å²) in [6.45, 7) is 0.629. The second kappa shape index (κ2) is 4.15. The normalized spacial score (nSPS) is 9.91. The fourth-order valence-corrected chi connectivity index (χ4v) is 1.12. The van der Waals surface area contributed by atoms with Crippen molar-refractivity contribution in [3.05, 3.63) is 6.20 Å². The Morgan fingerprint density at radius 1 is 1.73 bits per heavy atom. The van der Waals surface area contributed by atoms with Crippen LogP contribution in [0.3, 0.4) is 0 Å². The zero-order chi connectivity index (χ0) is 8.10. The van der Waals surface area contributed by atoms with E-state index in [4.69, 9.17) is 15.6 Å². The average molecular weight is 174 g/mol. The first-order chi connectivity index (χ1) is 5.33. The lowest BCUT2D eigenvalue weighted by Gasteiger charge is -1.97. The largest absolute Gasteiger partial charge is 0.470 e. The van der Waals surface area contributed by atoms with Crippen molar-refractivity contribution in [3.8, 4) is 5.19 Å². The van der Waals surface area contributed by atoms with E-state index in [2.05, 4.69) is 4.98 Å². The van der Waals surface area contributed by atoms with Crippen LogP contribution in [-0.2, 0) is 0 Å². The fourth-order valence-electron chi connectivity index (χ4n) is 0.561. The maximum Gasteiger partial charge on any atom is 0.275 e. The minimum absolute atomic E-state index is 0.140. The average Bonchev–Trinajstić information content (AvgIpc) is 2.37. The van der Waals surface area contributed by atoms with Crippen molar-refractivity contribution in [2.75, 3.05) is 18.9 Å². The molecule has 0 saturated carbocycles. The number of nitrogens with zero attached hydrogens (tertiary/aromatic N) is 1. The molecule has 0 bridgehead atoms. The SMILES string of the molecule is Nc1cnc(OCCCO)s1. The van der Waals surface area contributed by atoms with Crippen molar-refractivity contribution in [1.29, 1.82) is 0 Å². The fraction of sp³-hybridized carbons (Fsp3) is 0.500. The molecule has 0 spiro atoms. The summed E-state index contributed by atoms with van der Waals surface area (Å²) in [5.74, 6) is 0. The van der Waals surface area contributed by atoms with Gasteiger partial charge in [0, 0.05) is 13.0 Å². The molecule has 0 amide bonds. The topological polar surface area (TPSA) is 68.4 Å². The highest BCUT2D eigenvalue weighted by molar-refractivity contribution is 7.17. The van der Waals surface area contributed by atoms with E-state index in [1.807, 2.05) is 0 Å². The molecule has 0 atom stereocenters. The van der Waals surface area contributed by atoms with Crippen LogP contribution in [-0.4, -0.2) is 23.3 Å². The van der Waals surface area contributed by atoms with Crippen LogP contribution in [0, 0.1) is 0 Å². The minimum Gasteiger partial charge on any atom is -0.470 e. The molecule has 1 heterocycles. The van der Waals surface area contributed by atoms with E-state index in [9.17, 15) is 0 Å². The van der Waals surface area contributed by atoms with Crippen LogP contribution in [0.1, 0.15) is 6.42 Å². The van der Waals surface area contributed by atoms with Gasteiger partial charge in [0.1, 0.15) is 5.00 Å². The molecule has 4 nitrogen and oxygen atoms in total. The molecule has 0 saturated heterocycles. The van der Waals surface area contributed by atoms with Crippen molar-refractivity contribution < 1.29 is 9.84 Å². The Kier molecular flexibility index (Phi) is 3.13.